The summed E-state index contributed by atoms with van der Waals surface area (Å²) >= 11 is 11.4. The lowest BCUT2D eigenvalue weighted by molar-refractivity contribution is 0.0868. The summed E-state index contributed by atoms with van der Waals surface area (Å²) in [7, 11) is 0. The SMILES string of the molecule is CC(F)(CO)c1ccc(Cl)c(Cl)c1. The lowest BCUT2D eigenvalue weighted by Gasteiger charge is -2.17. The molecule has 0 fully saturated rings. The van der Waals surface area contributed by atoms with Crippen LogP contribution in [0.1, 0.15) is 12.5 Å². The van der Waals surface area contributed by atoms with Crippen LogP contribution < -0.4 is 0 Å². The molecule has 0 heterocycles. The summed E-state index contributed by atoms with van der Waals surface area (Å²) < 4.78 is 13.5. The quantitative estimate of drug-likeness (QED) is 0.816. The maximum atomic E-state index is 13.5. The molecule has 1 aromatic rings. The smallest absolute Gasteiger partial charge is 0.156 e. The number of benzene rings is 1. The van der Waals surface area contributed by atoms with Gasteiger partial charge in [0, 0.05) is 0 Å². The van der Waals surface area contributed by atoms with Crippen molar-refractivity contribution in [2.75, 3.05) is 6.61 Å². The van der Waals surface area contributed by atoms with Crippen molar-refractivity contribution < 1.29 is 9.50 Å². The molecule has 0 saturated carbocycles. The van der Waals surface area contributed by atoms with Gasteiger partial charge >= 0.3 is 0 Å². The summed E-state index contributed by atoms with van der Waals surface area (Å²) in [5.41, 5.74) is -1.45. The van der Waals surface area contributed by atoms with E-state index >= 15 is 0 Å². The molecule has 0 amide bonds. The van der Waals surface area contributed by atoms with Crippen molar-refractivity contribution in [2.45, 2.75) is 12.6 Å². The van der Waals surface area contributed by atoms with Crippen LogP contribution in [0, 0.1) is 0 Å². The highest BCUT2D eigenvalue weighted by molar-refractivity contribution is 6.42. The molecule has 0 aliphatic rings. The topological polar surface area (TPSA) is 20.2 Å². The number of aliphatic hydroxyl groups is 1. The zero-order chi connectivity index (χ0) is 10.1. The number of hydrogen-bond donors (Lipinski definition) is 1. The Hall–Kier alpha value is -0.310. The molecule has 0 radical (unpaired) electrons. The van der Waals surface area contributed by atoms with Gasteiger partial charge in [-0.1, -0.05) is 29.3 Å². The van der Waals surface area contributed by atoms with Crippen molar-refractivity contribution in [1.82, 2.24) is 0 Å². The molecule has 0 aliphatic carbocycles. The minimum atomic E-state index is -1.77. The Bertz CT molecular complexity index is 312. The Balaban J connectivity index is 3.10. The third-order valence-corrected chi connectivity index (χ3v) is 2.56. The second-order valence-electron chi connectivity index (χ2n) is 2.98. The van der Waals surface area contributed by atoms with Crippen LogP contribution in [0.4, 0.5) is 4.39 Å². The highest BCUT2D eigenvalue weighted by atomic mass is 35.5. The van der Waals surface area contributed by atoms with Crippen LogP contribution in [0.25, 0.3) is 0 Å². The van der Waals surface area contributed by atoms with Gasteiger partial charge in [-0.25, -0.2) is 4.39 Å². The fourth-order valence-electron chi connectivity index (χ4n) is 0.912. The average molecular weight is 223 g/mol. The van der Waals surface area contributed by atoms with Crippen LogP contribution in [-0.4, -0.2) is 11.7 Å². The number of aliphatic hydroxyl groups excluding tert-OH is 1. The molecule has 1 atom stereocenters. The molecule has 0 aliphatic heterocycles. The molecule has 1 rings (SSSR count). The summed E-state index contributed by atoms with van der Waals surface area (Å²) in [5.74, 6) is 0. The predicted octanol–water partition coefficient (Wildman–Crippen LogP) is 3.17. The van der Waals surface area contributed by atoms with E-state index in [2.05, 4.69) is 0 Å². The first kappa shape index (κ1) is 10.8. The Morgan fingerprint density at radius 2 is 2.00 bits per heavy atom. The van der Waals surface area contributed by atoms with E-state index in [1.165, 1.54) is 25.1 Å². The van der Waals surface area contributed by atoms with Crippen LogP contribution in [0.3, 0.4) is 0 Å². The third kappa shape index (κ3) is 2.33. The van der Waals surface area contributed by atoms with Crippen molar-refractivity contribution in [1.29, 1.82) is 0 Å². The van der Waals surface area contributed by atoms with Crippen LogP contribution in [0.2, 0.25) is 10.0 Å². The van der Waals surface area contributed by atoms with Gasteiger partial charge in [-0.05, 0) is 24.6 Å². The first-order valence-electron chi connectivity index (χ1n) is 3.72. The fourth-order valence-corrected chi connectivity index (χ4v) is 1.21. The highest BCUT2D eigenvalue weighted by Crippen LogP contribution is 2.30. The van der Waals surface area contributed by atoms with Gasteiger partial charge in [-0.2, -0.15) is 0 Å². The van der Waals surface area contributed by atoms with Gasteiger partial charge in [0.2, 0.25) is 0 Å². The zero-order valence-corrected chi connectivity index (χ0v) is 8.53. The summed E-state index contributed by atoms with van der Waals surface area (Å²) in [6.45, 7) is 0.706. The summed E-state index contributed by atoms with van der Waals surface area (Å²) in [4.78, 5) is 0. The average Bonchev–Trinajstić information content (AvgIpc) is 2.09. The van der Waals surface area contributed by atoms with Crippen LogP contribution in [0.5, 0.6) is 0 Å². The van der Waals surface area contributed by atoms with Crippen LogP contribution in [-0.2, 0) is 5.67 Å². The largest absolute Gasteiger partial charge is 0.393 e. The lowest BCUT2D eigenvalue weighted by Crippen LogP contribution is -2.19. The molecule has 1 unspecified atom stereocenters. The van der Waals surface area contributed by atoms with E-state index < -0.39 is 12.3 Å². The third-order valence-electron chi connectivity index (χ3n) is 1.82. The summed E-state index contributed by atoms with van der Waals surface area (Å²) in [6.07, 6.45) is 0. The van der Waals surface area contributed by atoms with E-state index in [9.17, 15) is 4.39 Å². The highest BCUT2D eigenvalue weighted by Gasteiger charge is 2.25. The summed E-state index contributed by atoms with van der Waals surface area (Å²) in [6, 6.07) is 4.43. The second-order valence-corrected chi connectivity index (χ2v) is 3.80. The molecular formula is C9H9Cl2FO. The minimum absolute atomic E-state index is 0.288. The molecule has 13 heavy (non-hydrogen) atoms. The first-order chi connectivity index (χ1) is 5.97. The number of halogens is 3. The van der Waals surface area contributed by atoms with Gasteiger partial charge in [0.15, 0.2) is 5.67 Å². The molecule has 4 heteroatoms. The Kier molecular flexibility index (Phi) is 3.17. The minimum Gasteiger partial charge on any atom is -0.393 e. The predicted molar refractivity (Wildman–Crippen MR) is 52.0 cm³/mol. The molecule has 1 nitrogen and oxygen atoms in total. The number of alkyl halides is 1. The van der Waals surface area contributed by atoms with Crippen LogP contribution in [0.15, 0.2) is 18.2 Å². The van der Waals surface area contributed by atoms with Crippen molar-refractivity contribution in [3.8, 4) is 0 Å². The molecule has 0 saturated heterocycles. The van der Waals surface area contributed by atoms with E-state index in [1.807, 2.05) is 0 Å². The van der Waals surface area contributed by atoms with E-state index in [-0.39, 0.29) is 5.02 Å². The second kappa shape index (κ2) is 3.82. The van der Waals surface area contributed by atoms with Gasteiger partial charge in [0.25, 0.3) is 0 Å². The molecule has 1 N–H and O–H groups in total. The van der Waals surface area contributed by atoms with E-state index in [0.717, 1.165) is 0 Å². The van der Waals surface area contributed by atoms with Crippen LogP contribution >= 0.6 is 23.2 Å². The molecule has 0 bridgehead atoms. The van der Waals surface area contributed by atoms with E-state index in [0.29, 0.717) is 10.6 Å². The van der Waals surface area contributed by atoms with Gasteiger partial charge in [0.05, 0.1) is 16.7 Å². The van der Waals surface area contributed by atoms with Crippen molar-refractivity contribution in [2.24, 2.45) is 0 Å². The van der Waals surface area contributed by atoms with Gasteiger partial charge in [0.1, 0.15) is 0 Å². The molecular weight excluding hydrogens is 214 g/mol. The normalized spacial score (nSPS) is 15.5. The van der Waals surface area contributed by atoms with Gasteiger partial charge in [-0.15, -0.1) is 0 Å². The Morgan fingerprint density at radius 3 is 2.46 bits per heavy atom. The molecule has 0 aromatic heterocycles. The maximum Gasteiger partial charge on any atom is 0.156 e. The van der Waals surface area contributed by atoms with E-state index in [4.69, 9.17) is 28.3 Å². The number of rotatable bonds is 2. The lowest BCUT2D eigenvalue weighted by atomic mass is 9.99. The van der Waals surface area contributed by atoms with Crippen molar-refractivity contribution in [3.63, 3.8) is 0 Å². The zero-order valence-electron chi connectivity index (χ0n) is 7.02. The van der Waals surface area contributed by atoms with Crippen molar-refractivity contribution in [3.05, 3.63) is 33.8 Å². The maximum absolute atomic E-state index is 13.5. The fraction of sp³-hybridized carbons (Fsp3) is 0.333. The summed E-state index contributed by atoms with van der Waals surface area (Å²) in [5, 5.41) is 9.42. The van der Waals surface area contributed by atoms with E-state index in [1.54, 1.807) is 0 Å². The standard InChI is InChI=1S/C9H9Cl2FO/c1-9(12,5-13)6-2-3-7(10)8(11)4-6/h2-4,13H,5H2,1H3. The monoisotopic (exact) mass is 222 g/mol. The molecule has 0 spiro atoms. The van der Waals surface area contributed by atoms with Gasteiger partial charge < -0.3 is 5.11 Å². The Labute approximate surface area is 86.1 Å². The molecule has 1 aromatic carbocycles. The number of hydrogen-bond acceptors (Lipinski definition) is 1. The Morgan fingerprint density at radius 1 is 1.38 bits per heavy atom. The molecule has 72 valence electrons. The van der Waals surface area contributed by atoms with Gasteiger partial charge in [-0.3, -0.25) is 0 Å². The van der Waals surface area contributed by atoms with Crippen molar-refractivity contribution >= 4 is 23.2 Å². The first-order valence-corrected chi connectivity index (χ1v) is 4.48.